The number of carbonyl (C=O) groups is 5. The second-order valence-corrected chi connectivity index (χ2v) is 9.71. The molecule has 2 aliphatic heterocycles. The summed E-state index contributed by atoms with van der Waals surface area (Å²) in [5.74, 6) is -4.30. The van der Waals surface area contributed by atoms with Crippen LogP contribution in [0, 0.1) is 5.92 Å². The summed E-state index contributed by atoms with van der Waals surface area (Å²) in [5.41, 5.74) is 0.351. The first-order chi connectivity index (χ1) is 18.9. The van der Waals surface area contributed by atoms with Crippen molar-refractivity contribution in [1.29, 1.82) is 0 Å². The smallest absolute Gasteiger partial charge is 0.481 e. The number of aliphatic carboxylic acids is 2. The lowest BCUT2D eigenvalue weighted by Gasteiger charge is -2.34. The number of hydrogen-bond donors (Lipinski definition) is 5. The molecule has 1 aromatic carbocycles. The predicted molar refractivity (Wildman–Crippen MR) is 136 cm³/mol. The first-order valence-electron chi connectivity index (χ1n) is 13.0. The van der Waals surface area contributed by atoms with E-state index < -0.39 is 42.4 Å². The third kappa shape index (κ3) is 11.6. The molecular weight excluding hydrogens is 537 g/mol. The van der Waals surface area contributed by atoms with E-state index in [0.717, 1.165) is 38.8 Å². The molecule has 2 aliphatic rings. The van der Waals surface area contributed by atoms with Crippen LogP contribution in [0.5, 0.6) is 0 Å². The fourth-order valence-electron chi connectivity index (χ4n) is 4.49. The van der Waals surface area contributed by atoms with Crippen LogP contribution in [0.3, 0.4) is 0 Å². The van der Waals surface area contributed by atoms with Gasteiger partial charge >= 0.3 is 18.1 Å². The molecule has 2 saturated heterocycles. The zero-order valence-corrected chi connectivity index (χ0v) is 21.9. The van der Waals surface area contributed by atoms with Crippen LogP contribution in [0.1, 0.15) is 55.3 Å². The maximum absolute atomic E-state index is 12.8. The van der Waals surface area contributed by atoms with Crippen molar-refractivity contribution >= 4 is 29.7 Å². The molecule has 0 aromatic heterocycles. The Balaban J connectivity index is 0.000000708. The number of halogens is 3. The van der Waals surface area contributed by atoms with Gasteiger partial charge in [-0.05, 0) is 63.2 Å². The molecule has 3 rings (SSSR count). The minimum Gasteiger partial charge on any atom is -0.481 e. The van der Waals surface area contributed by atoms with Crippen LogP contribution in [0.4, 0.5) is 13.2 Å². The maximum Gasteiger partial charge on any atom is 0.490 e. The van der Waals surface area contributed by atoms with Crippen molar-refractivity contribution < 1.29 is 47.4 Å². The van der Waals surface area contributed by atoms with Gasteiger partial charge in [-0.15, -0.1) is 0 Å². The molecule has 0 radical (unpaired) electrons. The van der Waals surface area contributed by atoms with Crippen molar-refractivity contribution in [1.82, 2.24) is 20.9 Å². The number of carboxylic acids is 2. The van der Waals surface area contributed by atoms with E-state index in [2.05, 4.69) is 16.0 Å². The normalized spacial score (nSPS) is 18.5. The van der Waals surface area contributed by atoms with Crippen molar-refractivity contribution in [3.05, 3.63) is 35.9 Å². The molecule has 14 heteroatoms. The number of alkyl halides is 3. The summed E-state index contributed by atoms with van der Waals surface area (Å²) in [5, 5.41) is 25.1. The van der Waals surface area contributed by atoms with Gasteiger partial charge in [-0.3, -0.25) is 19.2 Å². The van der Waals surface area contributed by atoms with E-state index in [1.165, 1.54) is 0 Å². The molecule has 222 valence electrons. The fraction of sp³-hybridized carbons (Fsp3) is 0.577. The largest absolute Gasteiger partial charge is 0.490 e. The molecule has 11 nitrogen and oxygen atoms in total. The third-order valence-electron chi connectivity index (χ3n) is 6.62. The minimum absolute atomic E-state index is 0.104. The van der Waals surface area contributed by atoms with Gasteiger partial charge < -0.3 is 31.1 Å². The third-order valence-corrected chi connectivity index (χ3v) is 6.62. The maximum atomic E-state index is 12.8. The van der Waals surface area contributed by atoms with Gasteiger partial charge in [0.15, 0.2) is 0 Å². The van der Waals surface area contributed by atoms with Crippen molar-refractivity contribution in [2.45, 2.75) is 63.2 Å². The van der Waals surface area contributed by atoms with Crippen molar-refractivity contribution in [3.8, 4) is 0 Å². The van der Waals surface area contributed by atoms with Crippen molar-refractivity contribution in [2.24, 2.45) is 5.92 Å². The molecular formula is C26H35F3N4O7. The number of hydrogen-bond acceptors (Lipinski definition) is 6. The van der Waals surface area contributed by atoms with Crippen LogP contribution in [0.25, 0.3) is 0 Å². The van der Waals surface area contributed by atoms with Gasteiger partial charge in [-0.1, -0.05) is 18.2 Å². The topological polar surface area (TPSA) is 165 Å². The number of piperidine rings is 2. The molecule has 2 fully saturated rings. The SMILES string of the molecule is O=C(O)C(F)(F)F.O=C(O)CC(NC(=O)c1ccccc1)C(=O)NC1CCCN(C(=O)CCC2CCNCC2)C1. The highest BCUT2D eigenvalue weighted by molar-refractivity contribution is 5.98. The summed E-state index contributed by atoms with van der Waals surface area (Å²) in [6.45, 7) is 3.09. The highest BCUT2D eigenvalue weighted by Gasteiger charge is 2.38. The molecule has 0 spiro atoms. The molecule has 0 saturated carbocycles. The molecule has 0 aliphatic carbocycles. The Morgan fingerprint density at radius 1 is 1.02 bits per heavy atom. The molecule has 3 amide bonds. The van der Waals surface area contributed by atoms with Gasteiger partial charge in [0.05, 0.1) is 6.42 Å². The number of nitrogens with one attached hydrogen (secondary N) is 3. The summed E-state index contributed by atoms with van der Waals surface area (Å²) in [7, 11) is 0. The number of nitrogens with zero attached hydrogens (tertiary/aromatic N) is 1. The van der Waals surface area contributed by atoms with Gasteiger partial charge in [0.1, 0.15) is 6.04 Å². The van der Waals surface area contributed by atoms with Crippen LogP contribution < -0.4 is 16.0 Å². The summed E-state index contributed by atoms with van der Waals surface area (Å²) in [4.78, 5) is 59.9. The van der Waals surface area contributed by atoms with Crippen molar-refractivity contribution in [2.75, 3.05) is 26.2 Å². The Morgan fingerprint density at radius 3 is 2.23 bits per heavy atom. The second kappa shape index (κ2) is 15.8. The Morgan fingerprint density at radius 2 is 1.65 bits per heavy atom. The van der Waals surface area contributed by atoms with Crippen LogP contribution >= 0.6 is 0 Å². The number of amides is 3. The Kier molecular flexibility index (Phi) is 12.8. The second-order valence-electron chi connectivity index (χ2n) is 9.71. The number of carboxylic acid groups (broad SMARTS) is 2. The van der Waals surface area contributed by atoms with E-state index in [0.29, 0.717) is 37.4 Å². The van der Waals surface area contributed by atoms with E-state index in [1.54, 1.807) is 35.2 Å². The quantitative estimate of drug-likeness (QED) is 0.299. The lowest BCUT2D eigenvalue weighted by Crippen LogP contribution is -2.55. The molecule has 0 bridgehead atoms. The molecule has 2 heterocycles. The van der Waals surface area contributed by atoms with Crippen LogP contribution in [-0.2, 0) is 19.2 Å². The number of likely N-dealkylation sites (tertiary alicyclic amines) is 1. The highest BCUT2D eigenvalue weighted by atomic mass is 19.4. The monoisotopic (exact) mass is 572 g/mol. The summed E-state index contributed by atoms with van der Waals surface area (Å²) >= 11 is 0. The molecule has 40 heavy (non-hydrogen) atoms. The Bertz CT molecular complexity index is 1020. The van der Waals surface area contributed by atoms with Crippen LogP contribution in [-0.4, -0.2) is 89.2 Å². The summed E-state index contributed by atoms with van der Waals surface area (Å²) in [6, 6.07) is 6.89. The first kappa shape index (κ1) is 32.5. The van der Waals surface area contributed by atoms with E-state index in [1.807, 2.05) is 0 Å². The van der Waals surface area contributed by atoms with E-state index >= 15 is 0 Å². The number of benzene rings is 1. The minimum atomic E-state index is -5.08. The molecule has 2 unspecified atom stereocenters. The van der Waals surface area contributed by atoms with Crippen molar-refractivity contribution in [3.63, 3.8) is 0 Å². The zero-order valence-electron chi connectivity index (χ0n) is 21.9. The zero-order chi connectivity index (χ0) is 29.7. The fourth-order valence-corrected chi connectivity index (χ4v) is 4.49. The van der Waals surface area contributed by atoms with Gasteiger partial charge in [0.2, 0.25) is 11.8 Å². The van der Waals surface area contributed by atoms with Gasteiger partial charge in [-0.25, -0.2) is 4.79 Å². The summed E-state index contributed by atoms with van der Waals surface area (Å²) < 4.78 is 31.7. The van der Waals surface area contributed by atoms with E-state index in [4.69, 9.17) is 9.90 Å². The van der Waals surface area contributed by atoms with Crippen LogP contribution in [0.15, 0.2) is 30.3 Å². The molecule has 5 N–H and O–H groups in total. The Labute approximate surface area is 229 Å². The molecule has 2 atom stereocenters. The predicted octanol–water partition coefficient (Wildman–Crippen LogP) is 1.78. The lowest BCUT2D eigenvalue weighted by atomic mass is 9.92. The number of carbonyl (C=O) groups excluding carboxylic acids is 3. The van der Waals surface area contributed by atoms with Gasteiger partial charge in [-0.2, -0.15) is 13.2 Å². The average molecular weight is 573 g/mol. The average Bonchev–Trinajstić information content (AvgIpc) is 2.92. The first-order valence-corrected chi connectivity index (χ1v) is 13.0. The van der Waals surface area contributed by atoms with E-state index in [-0.39, 0.29) is 11.9 Å². The highest BCUT2D eigenvalue weighted by Crippen LogP contribution is 2.20. The number of rotatable bonds is 9. The van der Waals surface area contributed by atoms with Crippen LogP contribution in [0.2, 0.25) is 0 Å². The van der Waals surface area contributed by atoms with E-state index in [9.17, 15) is 37.5 Å². The lowest BCUT2D eigenvalue weighted by molar-refractivity contribution is -0.192. The van der Waals surface area contributed by atoms with Gasteiger partial charge in [0.25, 0.3) is 5.91 Å². The standard InChI is InChI=1S/C24H34N4O5.C2HF3O2/c29-21(9-8-17-10-12-25-13-11-17)28-14-4-7-19(16-28)26-24(33)20(15-22(30)31)27-23(32)18-5-2-1-3-6-18;3-2(4,5)1(6)7/h1-3,5-6,17,19-20,25H,4,7-16H2,(H,26,33)(H,27,32)(H,30,31);(H,6,7). The van der Waals surface area contributed by atoms with Gasteiger partial charge in [0, 0.05) is 31.1 Å². The Hall–Kier alpha value is -3.68. The summed E-state index contributed by atoms with van der Waals surface area (Å²) in [6.07, 6.45) is -0.520. The molecule has 1 aromatic rings.